The summed E-state index contributed by atoms with van der Waals surface area (Å²) in [6.07, 6.45) is 0.00496. The maximum Gasteiger partial charge on any atom is 0.237 e. The maximum absolute atomic E-state index is 12.1. The number of ether oxygens (including phenoxy) is 1. The molecular formula is C13H21N3O3S. The first-order valence-corrected chi connectivity index (χ1v) is 7.87. The zero-order chi connectivity index (χ0) is 15.3. The Kier molecular flexibility index (Phi) is 5.52. The van der Waals surface area contributed by atoms with Crippen molar-refractivity contribution in [3.63, 3.8) is 0 Å². The molecule has 0 atom stereocenters. The molecule has 1 aromatic carbocycles. The molecule has 0 saturated heterocycles. The van der Waals surface area contributed by atoms with E-state index in [0.717, 1.165) is 0 Å². The Morgan fingerprint density at radius 2 is 1.90 bits per heavy atom. The van der Waals surface area contributed by atoms with E-state index in [1.54, 1.807) is 24.3 Å². The number of nitrogens with one attached hydrogen (secondary N) is 1. The van der Waals surface area contributed by atoms with E-state index < -0.39 is 10.0 Å². The summed E-state index contributed by atoms with van der Waals surface area (Å²) in [6.45, 7) is 3.88. The molecule has 0 radical (unpaired) electrons. The van der Waals surface area contributed by atoms with Crippen LogP contribution in [0.1, 0.15) is 19.4 Å². The van der Waals surface area contributed by atoms with E-state index in [2.05, 4.69) is 0 Å². The molecule has 0 bridgehead atoms. The lowest BCUT2D eigenvalue weighted by molar-refractivity contribution is 0.0912. The molecule has 112 valence electrons. The first-order valence-electron chi connectivity index (χ1n) is 6.26. The van der Waals surface area contributed by atoms with Gasteiger partial charge in [-0.1, -0.05) is 0 Å². The van der Waals surface area contributed by atoms with Crippen LogP contribution in [0.4, 0.5) is 5.69 Å². The minimum absolute atomic E-state index is 0.00496. The quantitative estimate of drug-likeness (QED) is 0.583. The van der Waals surface area contributed by atoms with Gasteiger partial charge < -0.3 is 10.5 Å². The number of hydrogen-bond acceptors (Lipinski definition) is 4. The van der Waals surface area contributed by atoms with Gasteiger partial charge in [-0.3, -0.25) is 9.71 Å². The largest absolute Gasteiger partial charge is 0.384 e. The third-order valence-corrected chi connectivity index (χ3v) is 4.48. The van der Waals surface area contributed by atoms with E-state index >= 15 is 0 Å². The van der Waals surface area contributed by atoms with Crippen LogP contribution in [0.5, 0.6) is 0 Å². The Bertz CT molecular complexity index is 553. The Hall–Kier alpha value is -1.60. The number of hydrogen-bond donors (Lipinski definition) is 2. The molecule has 0 spiro atoms. The highest BCUT2D eigenvalue weighted by Gasteiger charge is 2.18. The molecule has 0 aliphatic rings. The number of sulfonamides is 1. The SMILES string of the molecule is CC(C)OCCS(=O)(=O)N(C)c1ccc(C(=N)N)cc1. The highest BCUT2D eigenvalue weighted by atomic mass is 32.2. The standard InChI is InChI=1S/C13H21N3O3S/c1-10(2)19-8-9-20(17,18)16(3)12-6-4-11(5-7-12)13(14)15/h4-7,10H,8-9H2,1-3H3,(H3,14,15). The number of nitrogen functional groups attached to an aromatic ring is 1. The average Bonchev–Trinajstić information content (AvgIpc) is 2.37. The molecule has 20 heavy (non-hydrogen) atoms. The molecule has 0 saturated carbocycles. The maximum atomic E-state index is 12.1. The number of nitrogens with zero attached hydrogens (tertiary/aromatic N) is 1. The van der Waals surface area contributed by atoms with Crippen molar-refractivity contribution in [2.75, 3.05) is 23.7 Å². The van der Waals surface area contributed by atoms with Crippen molar-refractivity contribution in [1.29, 1.82) is 5.41 Å². The number of nitrogens with two attached hydrogens (primary N) is 1. The summed E-state index contributed by atoms with van der Waals surface area (Å²) in [5.74, 6) is -0.122. The molecule has 0 heterocycles. The molecule has 0 unspecified atom stereocenters. The van der Waals surface area contributed by atoms with Crippen LogP contribution in [-0.4, -0.2) is 39.8 Å². The molecular weight excluding hydrogens is 278 g/mol. The smallest absolute Gasteiger partial charge is 0.237 e. The van der Waals surface area contributed by atoms with Gasteiger partial charge in [0.1, 0.15) is 5.84 Å². The Labute approximate surface area is 120 Å². The number of amidine groups is 1. The lowest BCUT2D eigenvalue weighted by Gasteiger charge is -2.20. The second kappa shape index (κ2) is 6.71. The van der Waals surface area contributed by atoms with Crippen molar-refractivity contribution in [2.24, 2.45) is 5.73 Å². The van der Waals surface area contributed by atoms with Crippen molar-refractivity contribution < 1.29 is 13.2 Å². The highest BCUT2D eigenvalue weighted by Crippen LogP contribution is 2.17. The first-order chi connectivity index (χ1) is 9.24. The summed E-state index contributed by atoms with van der Waals surface area (Å²) in [5.41, 5.74) is 6.44. The molecule has 7 heteroatoms. The fraction of sp³-hybridized carbons (Fsp3) is 0.462. The van der Waals surface area contributed by atoms with Gasteiger partial charge in [0.05, 0.1) is 24.2 Å². The highest BCUT2D eigenvalue weighted by molar-refractivity contribution is 7.92. The fourth-order valence-electron chi connectivity index (χ4n) is 1.54. The van der Waals surface area contributed by atoms with Crippen LogP contribution in [-0.2, 0) is 14.8 Å². The molecule has 0 aliphatic heterocycles. The van der Waals surface area contributed by atoms with Gasteiger partial charge in [-0.2, -0.15) is 0 Å². The minimum Gasteiger partial charge on any atom is -0.384 e. The van der Waals surface area contributed by atoms with Crippen LogP contribution in [0, 0.1) is 5.41 Å². The summed E-state index contributed by atoms with van der Waals surface area (Å²) in [6, 6.07) is 6.48. The van der Waals surface area contributed by atoms with Crippen LogP contribution >= 0.6 is 0 Å². The van der Waals surface area contributed by atoms with Crippen LogP contribution < -0.4 is 10.0 Å². The van der Waals surface area contributed by atoms with Crippen LogP contribution in [0.3, 0.4) is 0 Å². The van der Waals surface area contributed by atoms with Crippen molar-refractivity contribution in [3.05, 3.63) is 29.8 Å². The zero-order valence-corrected chi connectivity index (χ0v) is 12.8. The molecule has 0 aliphatic carbocycles. The number of anilines is 1. The summed E-state index contributed by atoms with van der Waals surface area (Å²) in [7, 11) is -1.93. The monoisotopic (exact) mass is 299 g/mol. The first kappa shape index (κ1) is 16.5. The fourth-order valence-corrected chi connectivity index (χ4v) is 2.56. The minimum atomic E-state index is -3.42. The molecule has 6 nitrogen and oxygen atoms in total. The molecule has 3 N–H and O–H groups in total. The molecule has 1 rings (SSSR count). The topological polar surface area (TPSA) is 96.5 Å². The summed E-state index contributed by atoms with van der Waals surface area (Å²) in [5, 5.41) is 7.30. The van der Waals surface area contributed by atoms with Crippen molar-refractivity contribution in [2.45, 2.75) is 20.0 Å². The Morgan fingerprint density at radius 1 is 1.35 bits per heavy atom. The van der Waals surface area contributed by atoms with Gasteiger partial charge in [-0.15, -0.1) is 0 Å². The van der Waals surface area contributed by atoms with E-state index in [1.165, 1.54) is 11.4 Å². The average molecular weight is 299 g/mol. The molecule has 0 aromatic heterocycles. The van der Waals surface area contributed by atoms with Gasteiger partial charge in [0.2, 0.25) is 10.0 Å². The summed E-state index contributed by atoms with van der Waals surface area (Å²) in [4.78, 5) is 0. The second-order valence-electron chi connectivity index (χ2n) is 4.66. The van der Waals surface area contributed by atoms with Gasteiger partial charge in [-0.05, 0) is 38.1 Å². The van der Waals surface area contributed by atoms with Crippen LogP contribution in [0.25, 0.3) is 0 Å². The predicted molar refractivity (Wildman–Crippen MR) is 80.7 cm³/mol. The van der Waals surface area contributed by atoms with Crippen molar-refractivity contribution in [3.8, 4) is 0 Å². The Balaban J connectivity index is 2.77. The Morgan fingerprint density at radius 3 is 2.35 bits per heavy atom. The van der Waals surface area contributed by atoms with E-state index in [1.807, 2.05) is 13.8 Å². The summed E-state index contributed by atoms with van der Waals surface area (Å²) >= 11 is 0. The van der Waals surface area contributed by atoms with Crippen LogP contribution in [0.2, 0.25) is 0 Å². The van der Waals surface area contributed by atoms with Gasteiger partial charge >= 0.3 is 0 Å². The lowest BCUT2D eigenvalue weighted by atomic mass is 10.2. The molecule has 0 amide bonds. The lowest BCUT2D eigenvalue weighted by Crippen LogP contribution is -2.31. The van der Waals surface area contributed by atoms with Crippen molar-refractivity contribution in [1.82, 2.24) is 0 Å². The van der Waals surface area contributed by atoms with Gasteiger partial charge in [-0.25, -0.2) is 8.42 Å². The summed E-state index contributed by atoms with van der Waals surface area (Å²) < 4.78 is 30.7. The van der Waals surface area contributed by atoms with E-state index in [4.69, 9.17) is 15.9 Å². The second-order valence-corrected chi connectivity index (χ2v) is 6.78. The third kappa shape index (κ3) is 4.50. The van der Waals surface area contributed by atoms with Crippen LogP contribution in [0.15, 0.2) is 24.3 Å². The van der Waals surface area contributed by atoms with E-state index in [-0.39, 0.29) is 24.3 Å². The third-order valence-electron chi connectivity index (χ3n) is 2.75. The molecule has 1 aromatic rings. The number of benzene rings is 1. The van der Waals surface area contributed by atoms with Gasteiger partial charge in [0.25, 0.3) is 0 Å². The van der Waals surface area contributed by atoms with Crippen molar-refractivity contribution >= 4 is 21.5 Å². The zero-order valence-electron chi connectivity index (χ0n) is 12.0. The van der Waals surface area contributed by atoms with Gasteiger partial charge in [0, 0.05) is 12.6 Å². The van der Waals surface area contributed by atoms with E-state index in [0.29, 0.717) is 11.3 Å². The molecule has 0 fully saturated rings. The number of rotatable bonds is 7. The normalized spacial score (nSPS) is 11.6. The van der Waals surface area contributed by atoms with E-state index in [9.17, 15) is 8.42 Å². The van der Waals surface area contributed by atoms with Gasteiger partial charge in [0.15, 0.2) is 0 Å². The predicted octanol–water partition coefficient (Wildman–Crippen LogP) is 1.16.